The zero-order valence-corrected chi connectivity index (χ0v) is 12.4. The quantitative estimate of drug-likeness (QED) is 0.835. The van der Waals surface area contributed by atoms with E-state index in [0.717, 1.165) is 4.47 Å². The number of carbonyl (C=O) groups excluding carboxylic acids is 2. The highest BCUT2D eigenvalue weighted by Crippen LogP contribution is 2.40. The van der Waals surface area contributed by atoms with Gasteiger partial charge in [0, 0.05) is 21.9 Å². The molecule has 0 saturated carbocycles. The van der Waals surface area contributed by atoms with Gasteiger partial charge in [0.1, 0.15) is 5.69 Å². The maximum absolute atomic E-state index is 12.2. The number of aliphatic hydroxyl groups is 1. The smallest absolute Gasteiger partial charge is 0.261 e. The highest BCUT2D eigenvalue weighted by molar-refractivity contribution is 9.10. The van der Waals surface area contributed by atoms with Crippen molar-refractivity contribution in [2.45, 2.75) is 12.0 Å². The summed E-state index contributed by atoms with van der Waals surface area (Å²) in [4.78, 5) is 28.3. The van der Waals surface area contributed by atoms with Gasteiger partial charge in [-0.15, -0.1) is 0 Å². The lowest BCUT2D eigenvalue weighted by molar-refractivity contribution is -0.133. The van der Waals surface area contributed by atoms with E-state index in [-0.39, 0.29) is 17.9 Å². The van der Waals surface area contributed by atoms with Crippen molar-refractivity contribution in [3.05, 3.63) is 58.3 Å². The molecule has 2 aromatic rings. The Balaban J connectivity index is 1.97. The first-order valence-electron chi connectivity index (χ1n) is 6.29. The molecule has 2 heterocycles. The largest absolute Gasteiger partial charge is 0.375 e. The van der Waals surface area contributed by atoms with Gasteiger partial charge in [0.25, 0.3) is 5.91 Å². The van der Waals surface area contributed by atoms with Crippen LogP contribution >= 0.6 is 15.9 Å². The zero-order chi connectivity index (χ0) is 15.0. The molecule has 5 nitrogen and oxygen atoms in total. The minimum Gasteiger partial charge on any atom is -0.375 e. The Morgan fingerprint density at radius 2 is 2.14 bits per heavy atom. The Morgan fingerprint density at radius 3 is 2.86 bits per heavy atom. The summed E-state index contributed by atoms with van der Waals surface area (Å²) in [6.45, 7) is 0. The minimum absolute atomic E-state index is 0.224. The summed E-state index contributed by atoms with van der Waals surface area (Å²) in [5.74, 6) is -0.985. The van der Waals surface area contributed by atoms with Crippen molar-refractivity contribution in [3.8, 4) is 0 Å². The molecule has 3 rings (SSSR count). The Morgan fingerprint density at radius 1 is 1.33 bits per heavy atom. The van der Waals surface area contributed by atoms with Crippen LogP contribution in [-0.4, -0.2) is 21.8 Å². The average molecular weight is 347 g/mol. The third-order valence-corrected chi connectivity index (χ3v) is 3.91. The van der Waals surface area contributed by atoms with Crippen LogP contribution in [0, 0.1) is 0 Å². The highest BCUT2D eigenvalue weighted by atomic mass is 79.9. The summed E-state index contributed by atoms with van der Waals surface area (Å²) >= 11 is 3.30. The number of ketones is 1. The van der Waals surface area contributed by atoms with Gasteiger partial charge in [0.05, 0.1) is 6.42 Å². The summed E-state index contributed by atoms with van der Waals surface area (Å²) in [6.07, 6.45) is 1.15. The van der Waals surface area contributed by atoms with E-state index in [9.17, 15) is 14.7 Å². The first-order chi connectivity index (χ1) is 10.0. The van der Waals surface area contributed by atoms with Gasteiger partial charge in [-0.2, -0.15) is 0 Å². The molecule has 0 radical (unpaired) electrons. The van der Waals surface area contributed by atoms with Crippen LogP contribution in [0.25, 0.3) is 0 Å². The number of nitrogens with one attached hydrogen (secondary N) is 1. The van der Waals surface area contributed by atoms with Crippen LogP contribution in [0.5, 0.6) is 0 Å². The molecule has 106 valence electrons. The summed E-state index contributed by atoms with van der Waals surface area (Å²) < 4.78 is 0.724. The predicted molar refractivity (Wildman–Crippen MR) is 79.9 cm³/mol. The lowest BCUT2D eigenvalue weighted by Gasteiger charge is -2.19. The van der Waals surface area contributed by atoms with Gasteiger partial charge in [0.2, 0.25) is 0 Å². The van der Waals surface area contributed by atoms with Crippen molar-refractivity contribution in [3.63, 3.8) is 0 Å². The third-order valence-electron chi connectivity index (χ3n) is 3.42. The molecule has 1 aromatic carbocycles. The first kappa shape index (κ1) is 13.9. The second kappa shape index (κ2) is 5.05. The second-order valence-corrected chi connectivity index (χ2v) is 5.73. The number of aromatic nitrogens is 1. The van der Waals surface area contributed by atoms with Gasteiger partial charge < -0.3 is 10.4 Å². The molecule has 1 amide bonds. The molecule has 1 unspecified atom stereocenters. The van der Waals surface area contributed by atoms with E-state index in [2.05, 4.69) is 26.2 Å². The fourth-order valence-corrected chi connectivity index (χ4v) is 2.70. The zero-order valence-electron chi connectivity index (χ0n) is 10.8. The van der Waals surface area contributed by atoms with Gasteiger partial charge in [-0.25, -0.2) is 0 Å². The standard InChI is InChI=1S/C15H11BrN2O3/c16-9-4-5-11-10(7-9)15(21,14(20)18-11)8-13(19)12-3-1-2-6-17-12/h1-7,21H,8H2,(H,18,20). The van der Waals surface area contributed by atoms with Gasteiger partial charge in [-0.3, -0.25) is 14.6 Å². The van der Waals surface area contributed by atoms with Crippen molar-refractivity contribution >= 4 is 33.3 Å². The molecular formula is C15H11BrN2O3. The number of amides is 1. The SMILES string of the molecule is O=C(CC1(O)C(=O)Nc2ccc(Br)cc21)c1ccccn1. The Kier molecular flexibility index (Phi) is 3.35. The number of rotatable bonds is 3. The molecule has 0 spiro atoms. The number of carbonyl (C=O) groups is 2. The number of pyridine rings is 1. The number of anilines is 1. The predicted octanol–water partition coefficient (Wildman–Crippen LogP) is 2.26. The molecule has 21 heavy (non-hydrogen) atoms. The number of nitrogens with zero attached hydrogens (tertiary/aromatic N) is 1. The van der Waals surface area contributed by atoms with Crippen molar-refractivity contribution in [2.24, 2.45) is 0 Å². The van der Waals surface area contributed by atoms with Crippen molar-refractivity contribution in [2.75, 3.05) is 5.32 Å². The van der Waals surface area contributed by atoms with E-state index in [1.165, 1.54) is 6.20 Å². The molecule has 6 heteroatoms. The van der Waals surface area contributed by atoms with Crippen LogP contribution in [0.4, 0.5) is 5.69 Å². The topological polar surface area (TPSA) is 79.3 Å². The van der Waals surface area contributed by atoms with Crippen molar-refractivity contribution in [1.82, 2.24) is 4.98 Å². The Labute approximate surface area is 129 Å². The minimum atomic E-state index is -1.87. The Bertz CT molecular complexity index is 733. The van der Waals surface area contributed by atoms with Crippen LogP contribution in [0.1, 0.15) is 22.5 Å². The van der Waals surface area contributed by atoms with Gasteiger partial charge in [-0.1, -0.05) is 22.0 Å². The lowest BCUT2D eigenvalue weighted by Crippen LogP contribution is -2.36. The van der Waals surface area contributed by atoms with Gasteiger partial charge in [0.15, 0.2) is 11.4 Å². The van der Waals surface area contributed by atoms with E-state index >= 15 is 0 Å². The van der Waals surface area contributed by atoms with Crippen LogP contribution in [0.3, 0.4) is 0 Å². The molecule has 2 N–H and O–H groups in total. The number of fused-ring (bicyclic) bond motifs is 1. The maximum atomic E-state index is 12.2. The number of hydrogen-bond donors (Lipinski definition) is 2. The average Bonchev–Trinajstić information content (AvgIpc) is 2.72. The number of hydrogen-bond acceptors (Lipinski definition) is 4. The molecule has 0 fully saturated rings. The van der Waals surface area contributed by atoms with Gasteiger partial charge >= 0.3 is 0 Å². The van der Waals surface area contributed by atoms with Crippen LogP contribution in [0.2, 0.25) is 0 Å². The van der Waals surface area contributed by atoms with E-state index in [0.29, 0.717) is 11.3 Å². The fraction of sp³-hybridized carbons (Fsp3) is 0.133. The monoisotopic (exact) mass is 346 g/mol. The molecular weight excluding hydrogens is 336 g/mol. The van der Waals surface area contributed by atoms with Crippen LogP contribution in [0.15, 0.2) is 47.1 Å². The summed E-state index contributed by atoms with van der Waals surface area (Å²) in [7, 11) is 0. The molecule has 1 atom stereocenters. The molecule has 0 aliphatic carbocycles. The van der Waals surface area contributed by atoms with E-state index < -0.39 is 11.5 Å². The molecule has 1 aromatic heterocycles. The maximum Gasteiger partial charge on any atom is 0.261 e. The number of benzene rings is 1. The second-order valence-electron chi connectivity index (χ2n) is 4.82. The summed E-state index contributed by atoms with van der Waals surface area (Å²) in [5, 5.41) is 13.3. The van der Waals surface area contributed by atoms with Crippen molar-refractivity contribution in [1.29, 1.82) is 0 Å². The van der Waals surface area contributed by atoms with E-state index in [1.54, 1.807) is 36.4 Å². The summed E-state index contributed by atoms with van der Waals surface area (Å²) in [6, 6.07) is 10.0. The molecule has 1 aliphatic rings. The van der Waals surface area contributed by atoms with Crippen LogP contribution in [-0.2, 0) is 10.4 Å². The third kappa shape index (κ3) is 2.36. The Hall–Kier alpha value is -2.05. The van der Waals surface area contributed by atoms with Crippen LogP contribution < -0.4 is 5.32 Å². The van der Waals surface area contributed by atoms with Gasteiger partial charge in [-0.05, 0) is 30.3 Å². The summed E-state index contributed by atoms with van der Waals surface area (Å²) in [5.41, 5.74) is -0.735. The van der Waals surface area contributed by atoms with Crippen molar-refractivity contribution < 1.29 is 14.7 Å². The van der Waals surface area contributed by atoms with E-state index in [1.807, 2.05) is 0 Å². The molecule has 0 bridgehead atoms. The normalized spacial score (nSPS) is 20.0. The number of halogens is 1. The fourth-order valence-electron chi connectivity index (χ4n) is 2.34. The molecule has 1 aliphatic heterocycles. The number of Topliss-reactive ketones (excluding diaryl/α,β-unsaturated/α-hetero) is 1. The molecule has 0 saturated heterocycles. The highest BCUT2D eigenvalue weighted by Gasteiger charge is 2.47. The first-order valence-corrected chi connectivity index (χ1v) is 7.08. The van der Waals surface area contributed by atoms with E-state index in [4.69, 9.17) is 0 Å². The lowest BCUT2D eigenvalue weighted by atomic mass is 9.89.